The second kappa shape index (κ2) is 8.14. The van der Waals surface area contributed by atoms with E-state index in [1.54, 1.807) is 12.1 Å². The topological polar surface area (TPSA) is 75.6 Å². The smallest absolute Gasteiger partial charge is 0.308 e. The molecule has 1 aliphatic rings. The van der Waals surface area contributed by atoms with Gasteiger partial charge in [0.1, 0.15) is 5.82 Å². The van der Waals surface area contributed by atoms with E-state index in [0.717, 1.165) is 19.3 Å². The first-order valence-electron chi connectivity index (χ1n) is 8.75. The van der Waals surface area contributed by atoms with Crippen LogP contribution in [0.1, 0.15) is 47.3 Å². The van der Waals surface area contributed by atoms with Crippen molar-refractivity contribution >= 4 is 33.3 Å². The molecule has 3 rings (SSSR count). The summed E-state index contributed by atoms with van der Waals surface area (Å²) in [4.78, 5) is 24.9. The van der Waals surface area contributed by atoms with Crippen LogP contribution in [0.3, 0.4) is 0 Å². The van der Waals surface area contributed by atoms with Crippen molar-refractivity contribution in [2.24, 2.45) is 5.92 Å². The van der Waals surface area contributed by atoms with E-state index in [-0.39, 0.29) is 18.3 Å². The van der Waals surface area contributed by atoms with Crippen molar-refractivity contribution in [2.45, 2.75) is 44.8 Å². The van der Waals surface area contributed by atoms with Crippen molar-refractivity contribution in [3.8, 4) is 0 Å². The van der Waals surface area contributed by atoms with Crippen LogP contribution in [0.15, 0.2) is 18.2 Å². The number of hydrogen-bond acceptors (Lipinski definition) is 4. The van der Waals surface area contributed by atoms with E-state index in [2.05, 4.69) is 5.32 Å². The zero-order valence-electron chi connectivity index (χ0n) is 14.6. The zero-order chi connectivity index (χ0) is 18.7. The highest BCUT2D eigenvalue weighted by atomic mass is 32.1. The Balaban J connectivity index is 1.92. The second-order valence-corrected chi connectivity index (χ2v) is 7.67. The molecular weight excluding hydrogens is 357 g/mol. The Morgan fingerprint density at radius 2 is 2.08 bits per heavy atom. The van der Waals surface area contributed by atoms with Crippen LogP contribution >= 0.6 is 11.3 Å². The van der Waals surface area contributed by atoms with Crippen LogP contribution in [0.25, 0.3) is 10.1 Å². The number of fused-ring (bicyclic) bond motifs is 1. The van der Waals surface area contributed by atoms with Crippen molar-refractivity contribution in [3.05, 3.63) is 34.5 Å². The summed E-state index contributed by atoms with van der Waals surface area (Å²) in [7, 11) is 1.50. The van der Waals surface area contributed by atoms with Crippen molar-refractivity contribution in [1.82, 2.24) is 5.32 Å². The molecule has 1 aliphatic carbocycles. The average Bonchev–Trinajstić information content (AvgIpc) is 2.81. The number of carbonyl (C=O) groups is 2. The third-order valence-electron chi connectivity index (χ3n) is 4.91. The lowest BCUT2D eigenvalue weighted by molar-refractivity contribution is -0.142. The third-order valence-corrected chi connectivity index (χ3v) is 6.10. The van der Waals surface area contributed by atoms with Gasteiger partial charge in [-0.2, -0.15) is 0 Å². The number of methoxy groups -OCH3 is 1. The average molecular weight is 379 g/mol. The molecule has 0 saturated heterocycles. The van der Waals surface area contributed by atoms with Gasteiger partial charge < -0.3 is 15.2 Å². The van der Waals surface area contributed by atoms with E-state index in [4.69, 9.17) is 4.74 Å². The number of benzene rings is 1. The predicted molar refractivity (Wildman–Crippen MR) is 98.0 cm³/mol. The fourth-order valence-electron chi connectivity index (χ4n) is 3.64. The summed E-state index contributed by atoms with van der Waals surface area (Å²) in [5.41, 5.74) is 0.517. The molecule has 2 atom stereocenters. The van der Waals surface area contributed by atoms with Gasteiger partial charge in [0, 0.05) is 28.8 Å². The van der Waals surface area contributed by atoms with Gasteiger partial charge in [-0.1, -0.05) is 25.3 Å². The van der Waals surface area contributed by atoms with Crippen LogP contribution in [-0.4, -0.2) is 30.1 Å². The molecule has 2 aromatic rings. The molecule has 0 unspecified atom stereocenters. The lowest BCUT2D eigenvalue weighted by Crippen LogP contribution is -2.42. The Hall–Kier alpha value is -1.99. The van der Waals surface area contributed by atoms with Gasteiger partial charge in [0.2, 0.25) is 0 Å². The molecule has 0 spiro atoms. The molecule has 7 heteroatoms. The van der Waals surface area contributed by atoms with Crippen molar-refractivity contribution in [3.63, 3.8) is 0 Å². The monoisotopic (exact) mass is 379 g/mol. The largest absolute Gasteiger partial charge is 0.481 e. The number of carboxylic acid groups (broad SMARTS) is 1. The minimum absolute atomic E-state index is 0.122. The molecule has 0 bridgehead atoms. The highest BCUT2D eigenvalue weighted by Crippen LogP contribution is 2.34. The summed E-state index contributed by atoms with van der Waals surface area (Å²) in [5, 5.41) is 12.8. The summed E-state index contributed by atoms with van der Waals surface area (Å²) in [6.45, 7) is 0.122. The summed E-state index contributed by atoms with van der Waals surface area (Å²) in [5.74, 6) is -2.20. The van der Waals surface area contributed by atoms with E-state index < -0.39 is 17.9 Å². The van der Waals surface area contributed by atoms with E-state index >= 15 is 0 Å². The number of hydrogen-bond donors (Lipinski definition) is 2. The fourth-order valence-corrected chi connectivity index (χ4v) is 4.77. The number of amides is 1. The van der Waals surface area contributed by atoms with Crippen LogP contribution in [-0.2, 0) is 16.1 Å². The molecule has 1 fully saturated rings. The van der Waals surface area contributed by atoms with E-state index in [1.807, 2.05) is 0 Å². The third kappa shape index (κ3) is 3.73. The molecule has 1 saturated carbocycles. The highest BCUT2D eigenvalue weighted by Gasteiger charge is 2.32. The standard InChI is InChI=1S/C19H22FNO4S/c1-25-10-12-16-13(20)7-5-9-15(16)26-17(12)18(22)21-14-8-4-2-3-6-11(14)19(23)24/h5,7,9,11,14H,2-4,6,8,10H2,1H3,(H,21,22)(H,23,24)/t11-,14+/m1/s1. The van der Waals surface area contributed by atoms with Crippen molar-refractivity contribution < 1.29 is 23.8 Å². The zero-order valence-corrected chi connectivity index (χ0v) is 15.4. The van der Waals surface area contributed by atoms with Crippen LogP contribution in [0.5, 0.6) is 0 Å². The van der Waals surface area contributed by atoms with Crippen LogP contribution < -0.4 is 5.32 Å². The van der Waals surface area contributed by atoms with E-state index in [0.29, 0.717) is 33.4 Å². The molecule has 1 amide bonds. The Bertz CT molecular complexity index is 819. The molecule has 1 aromatic carbocycles. The Morgan fingerprint density at radius 3 is 2.81 bits per heavy atom. The Labute approximate surface area is 155 Å². The van der Waals surface area contributed by atoms with Crippen molar-refractivity contribution in [1.29, 1.82) is 0 Å². The van der Waals surface area contributed by atoms with E-state index in [9.17, 15) is 19.1 Å². The van der Waals surface area contributed by atoms with Gasteiger partial charge in [-0.05, 0) is 25.0 Å². The summed E-state index contributed by atoms with van der Waals surface area (Å²) < 4.78 is 20.1. The van der Waals surface area contributed by atoms with Gasteiger partial charge in [-0.25, -0.2) is 4.39 Å². The number of halogens is 1. The predicted octanol–water partition coefficient (Wildman–Crippen LogP) is 3.95. The molecule has 1 heterocycles. The minimum Gasteiger partial charge on any atom is -0.481 e. The maximum absolute atomic E-state index is 14.3. The molecule has 0 aliphatic heterocycles. The minimum atomic E-state index is -0.878. The fraction of sp³-hybridized carbons (Fsp3) is 0.474. The van der Waals surface area contributed by atoms with Crippen LogP contribution in [0, 0.1) is 11.7 Å². The number of carbonyl (C=O) groups excluding carboxylic acids is 1. The molecule has 5 nitrogen and oxygen atoms in total. The lowest BCUT2D eigenvalue weighted by atomic mass is 9.94. The maximum Gasteiger partial charge on any atom is 0.308 e. The normalized spacial score (nSPS) is 20.7. The molecule has 2 N–H and O–H groups in total. The number of nitrogens with one attached hydrogen (secondary N) is 1. The number of ether oxygens (including phenoxy) is 1. The van der Waals surface area contributed by atoms with E-state index in [1.165, 1.54) is 24.5 Å². The molecule has 1 aromatic heterocycles. The first-order chi connectivity index (χ1) is 12.5. The number of carboxylic acids is 1. The first-order valence-corrected chi connectivity index (χ1v) is 9.57. The quantitative estimate of drug-likeness (QED) is 0.772. The van der Waals surface area contributed by atoms with Gasteiger partial charge in [-0.3, -0.25) is 9.59 Å². The summed E-state index contributed by atoms with van der Waals surface area (Å²) in [6.07, 6.45) is 3.92. The Kier molecular flexibility index (Phi) is 5.88. The number of rotatable bonds is 5. The first kappa shape index (κ1) is 18.8. The van der Waals surface area contributed by atoms with Gasteiger partial charge >= 0.3 is 5.97 Å². The SMILES string of the molecule is COCc1c(C(=O)N[C@H]2CCCCC[C@H]2C(=O)O)sc2cccc(F)c12. The van der Waals surface area contributed by atoms with Crippen molar-refractivity contribution in [2.75, 3.05) is 7.11 Å². The summed E-state index contributed by atoms with van der Waals surface area (Å²) in [6, 6.07) is 4.33. The Morgan fingerprint density at radius 1 is 1.31 bits per heavy atom. The molecule has 26 heavy (non-hydrogen) atoms. The second-order valence-electron chi connectivity index (χ2n) is 6.62. The van der Waals surface area contributed by atoms with Crippen LogP contribution in [0.2, 0.25) is 0 Å². The van der Waals surface area contributed by atoms with Gasteiger partial charge in [0.15, 0.2) is 0 Å². The maximum atomic E-state index is 14.3. The number of aliphatic carboxylic acids is 1. The molecular formula is C19H22FNO4S. The van der Waals surface area contributed by atoms with Gasteiger partial charge in [-0.15, -0.1) is 11.3 Å². The lowest BCUT2D eigenvalue weighted by Gasteiger charge is -2.22. The number of thiophene rings is 1. The molecule has 0 radical (unpaired) electrons. The van der Waals surface area contributed by atoms with Gasteiger partial charge in [0.05, 0.1) is 17.4 Å². The summed E-state index contributed by atoms with van der Waals surface area (Å²) >= 11 is 1.21. The highest BCUT2D eigenvalue weighted by molar-refractivity contribution is 7.21. The van der Waals surface area contributed by atoms with Gasteiger partial charge in [0.25, 0.3) is 5.91 Å². The van der Waals surface area contributed by atoms with Crippen LogP contribution in [0.4, 0.5) is 4.39 Å². The molecule has 140 valence electrons.